The normalized spacial score (nSPS) is 14.9. The number of carbonyl (C=O) groups is 2. The van der Waals surface area contributed by atoms with Crippen molar-refractivity contribution < 1.29 is 9.59 Å². The number of piperazine rings is 1. The van der Waals surface area contributed by atoms with Gasteiger partial charge in [0.15, 0.2) is 0 Å². The lowest BCUT2D eigenvalue weighted by Gasteiger charge is -2.40. The van der Waals surface area contributed by atoms with Crippen LogP contribution in [0.15, 0.2) is 73.1 Å². The maximum absolute atomic E-state index is 12.6. The van der Waals surface area contributed by atoms with Crippen LogP contribution in [0.2, 0.25) is 0 Å². The number of pyridine rings is 1. The maximum Gasteiger partial charge on any atom is 0.313 e. The highest BCUT2D eigenvalue weighted by Crippen LogP contribution is 2.23. The molecule has 0 radical (unpaired) electrons. The van der Waals surface area contributed by atoms with Crippen molar-refractivity contribution in [2.45, 2.75) is 19.9 Å². The van der Waals surface area contributed by atoms with E-state index in [-0.39, 0.29) is 6.04 Å². The molecule has 2 aromatic carbocycles. The van der Waals surface area contributed by atoms with E-state index in [1.54, 1.807) is 6.20 Å². The standard InChI is InChI=1S/C27H31N5O2/c1-20-15-21(2)17-23(16-20)30-27(34)26(33)29-19-25(22-7-6-10-28-18-22)32-13-11-31(12-14-32)24-8-4-3-5-9-24/h3-10,15-18,25H,11-14,19H2,1-2H3,(H,29,33)(H,30,34). The molecule has 1 aliphatic heterocycles. The number of para-hydroxylation sites is 1. The van der Waals surface area contributed by atoms with Gasteiger partial charge >= 0.3 is 11.8 Å². The molecule has 7 heteroatoms. The first kappa shape index (κ1) is 23.4. The number of hydrogen-bond donors (Lipinski definition) is 2. The Kier molecular flexibility index (Phi) is 7.54. The maximum atomic E-state index is 12.6. The highest BCUT2D eigenvalue weighted by Gasteiger charge is 2.26. The molecule has 7 nitrogen and oxygen atoms in total. The van der Waals surface area contributed by atoms with Gasteiger partial charge in [-0.3, -0.25) is 19.5 Å². The number of rotatable bonds is 6. The van der Waals surface area contributed by atoms with Crippen LogP contribution in [0.25, 0.3) is 0 Å². The minimum absolute atomic E-state index is 0.0652. The van der Waals surface area contributed by atoms with E-state index in [4.69, 9.17) is 0 Å². The van der Waals surface area contributed by atoms with E-state index in [0.717, 1.165) is 42.9 Å². The van der Waals surface area contributed by atoms with Gasteiger partial charge in [0.2, 0.25) is 0 Å². The van der Waals surface area contributed by atoms with Gasteiger partial charge < -0.3 is 15.5 Å². The Morgan fingerprint density at radius 3 is 2.26 bits per heavy atom. The van der Waals surface area contributed by atoms with Crippen LogP contribution in [0.1, 0.15) is 22.7 Å². The van der Waals surface area contributed by atoms with Crippen LogP contribution in [0, 0.1) is 13.8 Å². The lowest BCUT2D eigenvalue weighted by atomic mass is 10.1. The third kappa shape index (κ3) is 5.99. The van der Waals surface area contributed by atoms with E-state index in [2.05, 4.69) is 49.7 Å². The van der Waals surface area contributed by atoms with Gasteiger partial charge in [0.05, 0.1) is 6.04 Å². The summed E-state index contributed by atoms with van der Waals surface area (Å²) in [6.45, 7) is 7.72. The lowest BCUT2D eigenvalue weighted by Crippen LogP contribution is -2.50. The Balaban J connectivity index is 1.39. The molecule has 1 saturated heterocycles. The number of benzene rings is 2. The molecule has 4 rings (SSSR count). The first-order chi connectivity index (χ1) is 16.5. The monoisotopic (exact) mass is 457 g/mol. The zero-order valence-corrected chi connectivity index (χ0v) is 19.7. The molecule has 1 unspecified atom stereocenters. The van der Waals surface area contributed by atoms with Crippen molar-refractivity contribution in [3.63, 3.8) is 0 Å². The number of carbonyl (C=O) groups excluding carboxylic acids is 2. The molecule has 0 saturated carbocycles. The second-order valence-electron chi connectivity index (χ2n) is 8.70. The summed E-state index contributed by atoms with van der Waals surface area (Å²) >= 11 is 0. The van der Waals surface area contributed by atoms with Gasteiger partial charge in [-0.1, -0.05) is 30.3 Å². The molecule has 0 aliphatic carbocycles. The van der Waals surface area contributed by atoms with E-state index in [1.807, 2.05) is 56.4 Å². The van der Waals surface area contributed by atoms with E-state index >= 15 is 0 Å². The molecule has 3 aromatic rings. The zero-order chi connectivity index (χ0) is 23.9. The fourth-order valence-electron chi connectivity index (χ4n) is 4.47. The highest BCUT2D eigenvalue weighted by atomic mass is 16.2. The van der Waals surface area contributed by atoms with Crippen LogP contribution < -0.4 is 15.5 Å². The molecule has 2 amide bonds. The Labute approximate surface area is 200 Å². The van der Waals surface area contributed by atoms with Gasteiger partial charge in [-0.25, -0.2) is 0 Å². The SMILES string of the molecule is Cc1cc(C)cc(NC(=O)C(=O)NCC(c2cccnc2)N2CCN(c3ccccc3)CC2)c1. The molecule has 2 N–H and O–H groups in total. The average Bonchev–Trinajstić information content (AvgIpc) is 2.85. The van der Waals surface area contributed by atoms with Gasteiger partial charge in [-0.15, -0.1) is 0 Å². The van der Waals surface area contributed by atoms with Crippen molar-refractivity contribution in [2.24, 2.45) is 0 Å². The van der Waals surface area contributed by atoms with Crippen LogP contribution >= 0.6 is 0 Å². The van der Waals surface area contributed by atoms with Crippen molar-refractivity contribution in [1.29, 1.82) is 0 Å². The first-order valence-corrected chi connectivity index (χ1v) is 11.6. The second kappa shape index (κ2) is 10.9. The summed E-state index contributed by atoms with van der Waals surface area (Å²) in [5, 5.41) is 5.54. The summed E-state index contributed by atoms with van der Waals surface area (Å²) in [7, 11) is 0. The van der Waals surface area contributed by atoms with E-state index in [0.29, 0.717) is 12.2 Å². The number of nitrogens with one attached hydrogen (secondary N) is 2. The minimum atomic E-state index is -0.663. The van der Waals surface area contributed by atoms with Crippen LogP contribution in [0.4, 0.5) is 11.4 Å². The number of hydrogen-bond acceptors (Lipinski definition) is 5. The summed E-state index contributed by atoms with van der Waals surface area (Å²) in [5.74, 6) is -1.31. The number of nitrogens with zero attached hydrogens (tertiary/aromatic N) is 3. The van der Waals surface area contributed by atoms with Gasteiger partial charge in [0.25, 0.3) is 0 Å². The number of anilines is 2. The minimum Gasteiger partial charge on any atom is -0.369 e. The number of aromatic nitrogens is 1. The van der Waals surface area contributed by atoms with Gasteiger partial charge in [0.1, 0.15) is 0 Å². The third-order valence-corrected chi connectivity index (χ3v) is 6.09. The van der Waals surface area contributed by atoms with Gasteiger partial charge in [0, 0.05) is 56.5 Å². The van der Waals surface area contributed by atoms with E-state index in [1.165, 1.54) is 5.69 Å². The van der Waals surface area contributed by atoms with E-state index in [9.17, 15) is 9.59 Å². The topological polar surface area (TPSA) is 77.6 Å². The number of amides is 2. The average molecular weight is 458 g/mol. The molecule has 0 spiro atoms. The Morgan fingerprint density at radius 2 is 1.62 bits per heavy atom. The van der Waals surface area contributed by atoms with Gasteiger partial charge in [-0.2, -0.15) is 0 Å². The molecule has 1 fully saturated rings. The number of aryl methyl sites for hydroxylation is 2. The van der Waals surface area contributed by atoms with Crippen molar-refractivity contribution in [1.82, 2.24) is 15.2 Å². The van der Waals surface area contributed by atoms with E-state index < -0.39 is 11.8 Å². The summed E-state index contributed by atoms with van der Waals surface area (Å²) in [6.07, 6.45) is 3.57. The third-order valence-electron chi connectivity index (χ3n) is 6.09. The first-order valence-electron chi connectivity index (χ1n) is 11.6. The van der Waals surface area contributed by atoms with Crippen LogP contribution in [0.5, 0.6) is 0 Å². The van der Waals surface area contributed by atoms with Crippen LogP contribution in [0.3, 0.4) is 0 Å². The Hall–Kier alpha value is -3.71. The summed E-state index contributed by atoms with van der Waals surface area (Å²) in [6, 6.07) is 20.0. The molecule has 176 valence electrons. The predicted molar refractivity (Wildman–Crippen MR) is 135 cm³/mol. The van der Waals surface area contributed by atoms with Crippen LogP contribution in [-0.2, 0) is 9.59 Å². The molecular weight excluding hydrogens is 426 g/mol. The summed E-state index contributed by atoms with van der Waals surface area (Å²) in [5.41, 5.74) is 4.92. The van der Waals surface area contributed by atoms with Crippen molar-refractivity contribution >= 4 is 23.2 Å². The molecular formula is C27H31N5O2. The zero-order valence-electron chi connectivity index (χ0n) is 19.7. The van der Waals surface area contributed by atoms with Crippen molar-refractivity contribution in [3.8, 4) is 0 Å². The predicted octanol–water partition coefficient (Wildman–Crippen LogP) is 3.32. The highest BCUT2D eigenvalue weighted by molar-refractivity contribution is 6.39. The smallest absolute Gasteiger partial charge is 0.313 e. The van der Waals surface area contributed by atoms with Crippen molar-refractivity contribution in [3.05, 3.63) is 89.7 Å². The lowest BCUT2D eigenvalue weighted by molar-refractivity contribution is -0.136. The quantitative estimate of drug-likeness (QED) is 0.556. The Morgan fingerprint density at radius 1 is 0.912 bits per heavy atom. The van der Waals surface area contributed by atoms with Crippen molar-refractivity contribution in [2.75, 3.05) is 42.9 Å². The molecule has 34 heavy (non-hydrogen) atoms. The molecule has 1 aromatic heterocycles. The fraction of sp³-hybridized carbons (Fsp3) is 0.296. The molecule has 1 aliphatic rings. The summed E-state index contributed by atoms with van der Waals surface area (Å²) in [4.78, 5) is 34.1. The fourth-order valence-corrected chi connectivity index (χ4v) is 4.47. The summed E-state index contributed by atoms with van der Waals surface area (Å²) < 4.78 is 0. The van der Waals surface area contributed by atoms with Crippen LogP contribution in [-0.4, -0.2) is 54.4 Å². The molecule has 1 atom stereocenters. The largest absolute Gasteiger partial charge is 0.369 e. The van der Waals surface area contributed by atoms with Gasteiger partial charge in [-0.05, 0) is 60.9 Å². The Bertz CT molecular complexity index is 1090. The molecule has 2 heterocycles. The molecule has 0 bridgehead atoms. The second-order valence-corrected chi connectivity index (χ2v) is 8.70.